The first-order chi connectivity index (χ1) is 14.1. The van der Waals surface area contributed by atoms with Gasteiger partial charge in [0.25, 0.3) is 0 Å². The maximum atomic E-state index is 7.69. The van der Waals surface area contributed by atoms with Crippen molar-refractivity contribution >= 4 is 29.0 Å². The highest BCUT2D eigenvalue weighted by Gasteiger charge is 2.12. The number of aryl methyl sites for hydroxylation is 1. The molecule has 3 aromatic carbocycles. The molecule has 3 rings (SSSR count). The van der Waals surface area contributed by atoms with Crippen LogP contribution in [-0.4, -0.2) is 33.8 Å². The van der Waals surface area contributed by atoms with Crippen molar-refractivity contribution in [2.24, 2.45) is 5.73 Å². The molecular weight excluding hydrogens is 404 g/mol. The van der Waals surface area contributed by atoms with Gasteiger partial charge in [-0.2, -0.15) is 0 Å². The maximum absolute atomic E-state index is 7.69. The van der Waals surface area contributed by atoms with E-state index in [9.17, 15) is 0 Å². The summed E-state index contributed by atoms with van der Waals surface area (Å²) < 4.78 is 22.2. The van der Waals surface area contributed by atoms with Gasteiger partial charge in [0.15, 0.2) is 23.0 Å². The summed E-state index contributed by atoms with van der Waals surface area (Å²) in [6.45, 7) is 0.522. The highest BCUT2D eigenvalue weighted by Crippen LogP contribution is 2.36. The molecule has 0 saturated heterocycles. The number of rotatable bonds is 9. The van der Waals surface area contributed by atoms with E-state index in [2.05, 4.69) is 0 Å². The lowest BCUT2D eigenvalue weighted by Crippen LogP contribution is -2.10. The second-order valence-electron chi connectivity index (χ2n) is 6.59. The molecule has 0 unspecified atom stereocenters. The van der Waals surface area contributed by atoms with Crippen LogP contribution in [0.15, 0.2) is 48.5 Å². The fourth-order valence-electron chi connectivity index (χ4n) is 3.24. The molecule has 30 heavy (non-hydrogen) atoms. The highest BCUT2D eigenvalue weighted by molar-refractivity contribution is 6.01. The van der Waals surface area contributed by atoms with Crippen molar-refractivity contribution < 1.29 is 18.9 Å². The molecule has 7 heteroatoms. The van der Waals surface area contributed by atoms with E-state index in [0.29, 0.717) is 29.4 Å². The van der Waals surface area contributed by atoms with Crippen molar-refractivity contribution in [2.75, 3.05) is 27.9 Å². The second-order valence-corrected chi connectivity index (χ2v) is 6.59. The Kier molecular flexibility index (Phi) is 8.18. The normalized spacial score (nSPS) is 10.2. The van der Waals surface area contributed by atoms with Crippen molar-refractivity contribution in [3.8, 4) is 23.0 Å². The van der Waals surface area contributed by atoms with E-state index in [0.717, 1.165) is 34.9 Å². The van der Waals surface area contributed by atoms with Crippen molar-refractivity contribution in [2.45, 2.75) is 12.8 Å². The minimum atomic E-state index is 0. The number of nitrogen functional groups attached to an aromatic ring is 1. The van der Waals surface area contributed by atoms with Crippen LogP contribution in [0, 0.1) is 5.41 Å². The van der Waals surface area contributed by atoms with Crippen LogP contribution in [0.1, 0.15) is 17.5 Å². The molecule has 0 amide bonds. The van der Waals surface area contributed by atoms with Gasteiger partial charge in [0, 0.05) is 10.9 Å². The summed E-state index contributed by atoms with van der Waals surface area (Å²) in [5.74, 6) is 2.78. The van der Waals surface area contributed by atoms with E-state index < -0.39 is 0 Å². The van der Waals surface area contributed by atoms with Crippen LogP contribution in [0.2, 0.25) is 0 Å². The molecule has 160 valence electrons. The van der Waals surface area contributed by atoms with Crippen LogP contribution in [0.3, 0.4) is 0 Å². The number of nitrogens with one attached hydrogen (secondary N) is 1. The number of fused-ring (bicyclic) bond motifs is 1. The molecule has 0 aliphatic rings. The molecule has 0 radical (unpaired) electrons. The third-order valence-electron chi connectivity index (χ3n) is 4.77. The second kappa shape index (κ2) is 10.6. The standard InChI is InChI=1S/C23H26N2O4.ClH/c1-26-19-10-6-15(13-21(19)28-3)5-4-12-29-22-18-14-17(23(24)25)8-7-16(18)9-11-20(22)27-2;/h6-11,13-14H,4-5,12H2,1-3H3,(H3,24,25);1H. The van der Waals surface area contributed by atoms with E-state index >= 15 is 0 Å². The zero-order chi connectivity index (χ0) is 20.8. The number of hydrogen-bond donors (Lipinski definition) is 2. The third-order valence-corrected chi connectivity index (χ3v) is 4.77. The van der Waals surface area contributed by atoms with Gasteiger partial charge in [-0.3, -0.25) is 5.41 Å². The number of halogens is 1. The Hall–Kier alpha value is -3.12. The van der Waals surface area contributed by atoms with Gasteiger partial charge in [-0.15, -0.1) is 12.4 Å². The van der Waals surface area contributed by atoms with Crippen LogP contribution in [0.5, 0.6) is 23.0 Å². The summed E-state index contributed by atoms with van der Waals surface area (Å²) in [6.07, 6.45) is 1.66. The zero-order valence-corrected chi connectivity index (χ0v) is 18.2. The summed E-state index contributed by atoms with van der Waals surface area (Å²) in [6, 6.07) is 15.4. The van der Waals surface area contributed by atoms with Gasteiger partial charge in [-0.1, -0.05) is 24.3 Å². The molecule has 0 aliphatic heterocycles. The number of nitrogens with two attached hydrogens (primary N) is 1. The molecule has 3 aromatic rings. The third kappa shape index (κ3) is 5.07. The predicted octanol–water partition coefficient (Wildman–Crippen LogP) is 4.58. The molecule has 0 saturated carbocycles. The molecule has 0 bridgehead atoms. The van der Waals surface area contributed by atoms with Crippen molar-refractivity contribution in [1.82, 2.24) is 0 Å². The molecule has 0 fully saturated rings. The number of hydrogen-bond acceptors (Lipinski definition) is 5. The quantitative estimate of drug-likeness (QED) is 0.294. The zero-order valence-electron chi connectivity index (χ0n) is 17.4. The van der Waals surface area contributed by atoms with Gasteiger partial charge in [0.2, 0.25) is 0 Å². The van der Waals surface area contributed by atoms with Crippen molar-refractivity contribution in [1.29, 1.82) is 5.41 Å². The van der Waals surface area contributed by atoms with Crippen LogP contribution in [0.4, 0.5) is 0 Å². The van der Waals surface area contributed by atoms with Crippen LogP contribution in [0.25, 0.3) is 10.8 Å². The lowest BCUT2D eigenvalue weighted by Gasteiger charge is -2.15. The van der Waals surface area contributed by atoms with Crippen LogP contribution in [-0.2, 0) is 6.42 Å². The van der Waals surface area contributed by atoms with E-state index in [1.54, 1.807) is 21.3 Å². The van der Waals surface area contributed by atoms with E-state index in [1.807, 2.05) is 48.5 Å². The number of methoxy groups -OCH3 is 3. The lowest BCUT2D eigenvalue weighted by atomic mass is 10.0. The number of amidine groups is 1. The molecule has 0 spiro atoms. The van der Waals surface area contributed by atoms with Gasteiger partial charge < -0.3 is 24.7 Å². The molecule has 0 aliphatic carbocycles. The van der Waals surface area contributed by atoms with Gasteiger partial charge in [0.1, 0.15) is 5.84 Å². The Morgan fingerprint density at radius 3 is 2.20 bits per heavy atom. The minimum Gasteiger partial charge on any atom is -0.493 e. The Bertz CT molecular complexity index is 1020. The molecule has 0 aromatic heterocycles. The van der Waals surface area contributed by atoms with Gasteiger partial charge in [-0.25, -0.2) is 0 Å². The number of ether oxygens (including phenoxy) is 4. The summed E-state index contributed by atoms with van der Waals surface area (Å²) in [5.41, 5.74) is 7.45. The Morgan fingerprint density at radius 2 is 1.53 bits per heavy atom. The van der Waals surface area contributed by atoms with E-state index in [-0.39, 0.29) is 18.2 Å². The smallest absolute Gasteiger partial charge is 0.168 e. The Labute approximate surface area is 182 Å². The summed E-state index contributed by atoms with van der Waals surface area (Å²) in [5, 5.41) is 9.57. The summed E-state index contributed by atoms with van der Waals surface area (Å²) in [4.78, 5) is 0. The van der Waals surface area contributed by atoms with Gasteiger partial charge in [0.05, 0.1) is 27.9 Å². The Balaban J connectivity index is 0.00000320. The predicted molar refractivity (Wildman–Crippen MR) is 122 cm³/mol. The first-order valence-electron chi connectivity index (χ1n) is 9.36. The largest absolute Gasteiger partial charge is 0.493 e. The average molecular weight is 431 g/mol. The molecular formula is C23H27ClN2O4. The van der Waals surface area contributed by atoms with E-state index in [4.69, 9.17) is 30.1 Å². The van der Waals surface area contributed by atoms with Crippen LogP contribution >= 0.6 is 12.4 Å². The van der Waals surface area contributed by atoms with Gasteiger partial charge >= 0.3 is 0 Å². The SMILES string of the molecule is COc1ccc(CCCOc2c(OC)ccc3ccc(C(=N)N)cc23)cc1OC.Cl. The molecule has 0 heterocycles. The first kappa shape index (κ1) is 23.2. The monoisotopic (exact) mass is 430 g/mol. The van der Waals surface area contributed by atoms with E-state index in [1.165, 1.54) is 0 Å². The fourth-order valence-corrected chi connectivity index (χ4v) is 3.24. The van der Waals surface area contributed by atoms with Crippen LogP contribution < -0.4 is 24.7 Å². The fraction of sp³-hybridized carbons (Fsp3) is 0.261. The molecule has 0 atom stereocenters. The van der Waals surface area contributed by atoms with Crippen molar-refractivity contribution in [3.63, 3.8) is 0 Å². The first-order valence-corrected chi connectivity index (χ1v) is 9.36. The maximum Gasteiger partial charge on any atom is 0.168 e. The minimum absolute atomic E-state index is 0. The molecule has 3 N–H and O–H groups in total. The van der Waals surface area contributed by atoms with Crippen molar-refractivity contribution in [3.05, 3.63) is 59.7 Å². The summed E-state index contributed by atoms with van der Waals surface area (Å²) in [7, 11) is 4.87. The van der Waals surface area contributed by atoms with Gasteiger partial charge in [-0.05, 0) is 48.1 Å². The Morgan fingerprint density at radius 1 is 0.867 bits per heavy atom. The molecule has 6 nitrogen and oxygen atoms in total. The topological polar surface area (TPSA) is 86.8 Å². The average Bonchev–Trinajstić information content (AvgIpc) is 2.75. The lowest BCUT2D eigenvalue weighted by molar-refractivity contribution is 0.293. The summed E-state index contributed by atoms with van der Waals surface area (Å²) >= 11 is 0. The highest BCUT2D eigenvalue weighted by atomic mass is 35.5. The number of benzene rings is 3.